The topological polar surface area (TPSA) is 40.5 Å². The number of carbonyl (C=O) groups excluding carboxylic acids is 1. The summed E-state index contributed by atoms with van der Waals surface area (Å²) in [7, 11) is 0. The lowest BCUT2D eigenvalue weighted by Crippen LogP contribution is -2.38. The molecule has 1 saturated heterocycles. The molecule has 1 amide bonds. The number of halogens is 4. The molecule has 2 aliphatic heterocycles. The van der Waals surface area contributed by atoms with Crippen molar-refractivity contribution in [3.05, 3.63) is 64.5 Å². The number of benzene rings is 2. The summed E-state index contributed by atoms with van der Waals surface area (Å²) in [5.41, 5.74) is 2.32. The van der Waals surface area contributed by atoms with Gasteiger partial charge in [0.25, 0.3) is 0 Å². The number of amides is 1. The highest BCUT2D eigenvalue weighted by molar-refractivity contribution is 7.99. The summed E-state index contributed by atoms with van der Waals surface area (Å²) in [6.45, 7) is 1.04. The van der Waals surface area contributed by atoms with Gasteiger partial charge in [0.2, 0.25) is 5.91 Å². The van der Waals surface area contributed by atoms with Crippen LogP contribution in [0.15, 0.2) is 51.8 Å². The van der Waals surface area contributed by atoms with E-state index < -0.39 is 11.7 Å². The molecule has 8 heteroatoms. The monoisotopic (exact) mass is 505 g/mol. The van der Waals surface area contributed by atoms with Crippen molar-refractivity contribution in [1.29, 1.82) is 0 Å². The van der Waals surface area contributed by atoms with Crippen molar-refractivity contribution in [1.82, 2.24) is 4.90 Å². The average Bonchev–Trinajstić information content (AvgIpc) is 2.83. The van der Waals surface area contributed by atoms with E-state index in [1.807, 2.05) is 4.90 Å². The van der Waals surface area contributed by atoms with Gasteiger partial charge in [0.15, 0.2) is 0 Å². The molecule has 3 aliphatic rings. The van der Waals surface area contributed by atoms with Crippen LogP contribution in [0.2, 0.25) is 0 Å². The van der Waals surface area contributed by atoms with E-state index in [2.05, 4.69) is 0 Å². The van der Waals surface area contributed by atoms with E-state index in [1.54, 1.807) is 6.07 Å². The lowest BCUT2D eigenvalue weighted by atomic mass is 9.84. The molecule has 35 heavy (non-hydrogen) atoms. The van der Waals surface area contributed by atoms with Crippen LogP contribution < -0.4 is 0 Å². The van der Waals surface area contributed by atoms with Crippen molar-refractivity contribution < 1.29 is 27.5 Å². The number of alkyl halides is 3. The minimum Gasteiger partial charge on any atom is -0.393 e. The molecule has 1 saturated carbocycles. The zero-order chi connectivity index (χ0) is 24.7. The molecule has 1 aliphatic carbocycles. The first-order valence-electron chi connectivity index (χ1n) is 12.1. The van der Waals surface area contributed by atoms with Crippen LogP contribution in [0.25, 0.3) is 5.57 Å². The van der Waals surface area contributed by atoms with Crippen molar-refractivity contribution in [2.24, 2.45) is 5.92 Å². The standard InChI is InChI=1S/C27H27F4NO2S/c28-19-4-7-21-24(15-19)35-23-8-3-18(27(29,30)31)14-22(23)26(21)17-9-11-32(12-10-17)25(34)13-16-1-5-20(33)6-2-16/h3-4,7-8,14-16,20,33H,1-2,5-6,9-13H2/t16-,20+. The number of nitrogens with zero attached hydrogens (tertiary/aromatic N) is 1. The molecule has 2 fully saturated rings. The molecule has 0 unspecified atom stereocenters. The zero-order valence-corrected chi connectivity index (χ0v) is 20.0. The predicted molar refractivity (Wildman–Crippen MR) is 126 cm³/mol. The fourth-order valence-corrected chi connectivity index (χ4v) is 6.52. The molecule has 0 bridgehead atoms. The fourth-order valence-electron chi connectivity index (χ4n) is 5.42. The van der Waals surface area contributed by atoms with Crippen LogP contribution in [-0.2, 0) is 11.0 Å². The van der Waals surface area contributed by atoms with E-state index in [-0.39, 0.29) is 17.8 Å². The summed E-state index contributed by atoms with van der Waals surface area (Å²) in [5.74, 6) is 0.0268. The van der Waals surface area contributed by atoms with Crippen LogP contribution in [0.1, 0.15) is 61.6 Å². The Labute approximate surface area is 206 Å². The number of fused-ring (bicyclic) bond motifs is 2. The van der Waals surface area contributed by atoms with Gasteiger partial charge in [0, 0.05) is 29.3 Å². The molecule has 1 N–H and O–H groups in total. The van der Waals surface area contributed by atoms with Crippen LogP contribution in [0.4, 0.5) is 17.6 Å². The zero-order valence-electron chi connectivity index (χ0n) is 19.2. The lowest BCUT2D eigenvalue weighted by molar-refractivity contribution is -0.137. The summed E-state index contributed by atoms with van der Waals surface area (Å²) in [5, 5.41) is 9.69. The highest BCUT2D eigenvalue weighted by Gasteiger charge is 2.34. The molecule has 3 nitrogen and oxygen atoms in total. The van der Waals surface area contributed by atoms with Crippen LogP contribution in [-0.4, -0.2) is 35.1 Å². The van der Waals surface area contributed by atoms with Gasteiger partial charge in [-0.05, 0) is 91.5 Å². The summed E-state index contributed by atoms with van der Waals surface area (Å²) < 4.78 is 54.5. The summed E-state index contributed by atoms with van der Waals surface area (Å²) in [6.07, 6.45) is 0.119. The van der Waals surface area contributed by atoms with Gasteiger partial charge >= 0.3 is 6.18 Å². The van der Waals surface area contributed by atoms with Gasteiger partial charge in [-0.3, -0.25) is 4.79 Å². The summed E-state index contributed by atoms with van der Waals surface area (Å²) in [4.78, 5) is 16.1. The first-order valence-corrected chi connectivity index (χ1v) is 12.9. The number of hydrogen-bond acceptors (Lipinski definition) is 3. The maximum Gasteiger partial charge on any atom is 0.416 e. The Kier molecular flexibility index (Phi) is 6.70. The number of aliphatic hydroxyl groups is 1. The van der Waals surface area contributed by atoms with E-state index in [0.29, 0.717) is 53.6 Å². The molecule has 0 spiro atoms. The molecule has 0 atom stereocenters. The quantitative estimate of drug-likeness (QED) is 0.395. The first-order chi connectivity index (χ1) is 16.7. The van der Waals surface area contributed by atoms with Gasteiger partial charge in [-0.2, -0.15) is 13.2 Å². The Morgan fingerprint density at radius 3 is 2.37 bits per heavy atom. The predicted octanol–water partition coefficient (Wildman–Crippen LogP) is 6.67. The molecule has 2 heterocycles. The Morgan fingerprint density at radius 2 is 1.69 bits per heavy atom. The largest absolute Gasteiger partial charge is 0.416 e. The molecular weight excluding hydrogens is 478 g/mol. The molecule has 5 rings (SSSR count). The Bertz CT molecular complexity index is 1160. The van der Waals surface area contributed by atoms with Gasteiger partial charge in [-0.1, -0.05) is 23.4 Å². The van der Waals surface area contributed by atoms with E-state index in [1.165, 1.54) is 36.0 Å². The Balaban J connectivity index is 1.41. The van der Waals surface area contributed by atoms with Crippen molar-refractivity contribution in [2.75, 3.05) is 13.1 Å². The molecule has 0 aromatic heterocycles. The molecule has 0 radical (unpaired) electrons. The first kappa shape index (κ1) is 24.4. The normalized spacial score (nSPS) is 22.6. The van der Waals surface area contributed by atoms with E-state index >= 15 is 0 Å². The number of carbonyl (C=O) groups is 1. The molecule has 2 aromatic rings. The second-order valence-corrected chi connectivity index (χ2v) is 10.8. The fraction of sp³-hybridized carbons (Fsp3) is 0.444. The van der Waals surface area contributed by atoms with Crippen LogP contribution in [0.5, 0.6) is 0 Å². The molecule has 2 aromatic carbocycles. The van der Waals surface area contributed by atoms with Gasteiger partial charge < -0.3 is 10.0 Å². The highest BCUT2D eigenvalue weighted by Crippen LogP contribution is 2.49. The van der Waals surface area contributed by atoms with Gasteiger partial charge in [-0.25, -0.2) is 4.39 Å². The second kappa shape index (κ2) is 9.62. The Hall–Kier alpha value is -2.32. The van der Waals surface area contributed by atoms with Crippen LogP contribution >= 0.6 is 11.8 Å². The van der Waals surface area contributed by atoms with Crippen molar-refractivity contribution >= 4 is 23.2 Å². The maximum absolute atomic E-state index is 14.0. The summed E-state index contributed by atoms with van der Waals surface area (Å²) >= 11 is 1.28. The Morgan fingerprint density at radius 1 is 0.971 bits per heavy atom. The number of aliphatic hydroxyl groups excluding tert-OH is 1. The van der Waals surface area contributed by atoms with E-state index in [4.69, 9.17) is 0 Å². The van der Waals surface area contributed by atoms with E-state index in [9.17, 15) is 27.5 Å². The van der Waals surface area contributed by atoms with Crippen LogP contribution in [0, 0.1) is 11.7 Å². The smallest absolute Gasteiger partial charge is 0.393 e. The van der Waals surface area contributed by atoms with Crippen molar-refractivity contribution in [3.63, 3.8) is 0 Å². The minimum atomic E-state index is -4.45. The van der Waals surface area contributed by atoms with Crippen molar-refractivity contribution in [2.45, 2.75) is 67.0 Å². The maximum atomic E-state index is 14.0. The van der Waals surface area contributed by atoms with E-state index in [0.717, 1.165) is 48.5 Å². The number of rotatable bonds is 2. The number of hydrogen-bond donors (Lipinski definition) is 1. The van der Waals surface area contributed by atoms with Gasteiger partial charge in [-0.15, -0.1) is 0 Å². The second-order valence-electron chi connectivity index (χ2n) is 9.69. The number of likely N-dealkylation sites (tertiary alicyclic amines) is 1. The summed E-state index contributed by atoms with van der Waals surface area (Å²) in [6, 6.07) is 8.17. The van der Waals surface area contributed by atoms with Gasteiger partial charge in [0.1, 0.15) is 5.82 Å². The molecular formula is C27H27F4NO2S. The van der Waals surface area contributed by atoms with Crippen LogP contribution in [0.3, 0.4) is 0 Å². The third kappa shape index (κ3) is 5.14. The average molecular weight is 506 g/mol. The SMILES string of the molecule is O=C(C[C@H]1CC[C@@H](O)CC1)N1CCC(=C2c3ccc(F)cc3Sc3ccc(C(F)(F)F)cc32)CC1. The third-order valence-electron chi connectivity index (χ3n) is 7.36. The van der Waals surface area contributed by atoms with Gasteiger partial charge in [0.05, 0.1) is 11.7 Å². The molecule has 186 valence electrons. The minimum absolute atomic E-state index is 0.108. The third-order valence-corrected chi connectivity index (χ3v) is 8.50. The van der Waals surface area contributed by atoms with Crippen molar-refractivity contribution in [3.8, 4) is 0 Å². The highest BCUT2D eigenvalue weighted by atomic mass is 32.2. The number of piperidine rings is 1. The lowest BCUT2D eigenvalue weighted by Gasteiger charge is -2.34.